The zero-order chi connectivity index (χ0) is 21.3. The molecule has 1 aliphatic carbocycles. The molecule has 0 saturated heterocycles. The molecule has 2 aromatic carbocycles. The number of benzene rings is 2. The summed E-state index contributed by atoms with van der Waals surface area (Å²) in [6.45, 7) is 0. The second-order valence-corrected chi connectivity index (χ2v) is 8.01. The number of amides is 2. The van der Waals surface area contributed by atoms with E-state index in [1.54, 1.807) is 24.3 Å². The number of aromatic nitrogens is 2. The summed E-state index contributed by atoms with van der Waals surface area (Å²) in [5, 5.41) is 25.5. The minimum atomic E-state index is -0.602. The van der Waals surface area contributed by atoms with Gasteiger partial charge in [-0.15, -0.1) is 10.2 Å². The van der Waals surface area contributed by atoms with Gasteiger partial charge in [0.25, 0.3) is 17.5 Å². The highest BCUT2D eigenvalue weighted by Crippen LogP contribution is 2.42. The molecule has 2 amide bonds. The number of nitro groups is 1. The molecule has 0 bridgehead atoms. The van der Waals surface area contributed by atoms with Gasteiger partial charge in [0, 0.05) is 18.1 Å². The van der Waals surface area contributed by atoms with E-state index in [0.717, 1.165) is 23.9 Å². The Bertz CT molecular complexity index is 1160. The fraction of sp³-hybridized carbons (Fsp3) is 0.158. The predicted molar refractivity (Wildman–Crippen MR) is 112 cm³/mol. The van der Waals surface area contributed by atoms with Crippen molar-refractivity contribution in [3.8, 4) is 0 Å². The average Bonchev–Trinajstić information content (AvgIpc) is 3.47. The first-order valence-corrected chi connectivity index (χ1v) is 10.1. The van der Waals surface area contributed by atoms with Gasteiger partial charge in [-0.1, -0.05) is 35.1 Å². The number of nitrogens with one attached hydrogen (secondary N) is 2. The summed E-state index contributed by atoms with van der Waals surface area (Å²) in [5.41, 5.74) is 0.322. The molecule has 0 radical (unpaired) electrons. The van der Waals surface area contributed by atoms with Crippen LogP contribution in [-0.4, -0.2) is 26.9 Å². The summed E-state index contributed by atoms with van der Waals surface area (Å²) in [6, 6.07) is 10.0. The van der Waals surface area contributed by atoms with Crippen LogP contribution < -0.4 is 10.6 Å². The van der Waals surface area contributed by atoms with Crippen molar-refractivity contribution in [3.63, 3.8) is 0 Å². The average molecular weight is 444 g/mol. The van der Waals surface area contributed by atoms with Gasteiger partial charge >= 0.3 is 0 Å². The van der Waals surface area contributed by atoms with Crippen molar-refractivity contribution in [3.05, 3.63) is 73.7 Å². The summed E-state index contributed by atoms with van der Waals surface area (Å²) in [6.07, 6.45) is 2.17. The van der Waals surface area contributed by atoms with Gasteiger partial charge in [0.05, 0.1) is 26.8 Å². The Kier molecular flexibility index (Phi) is 5.42. The number of anilines is 2. The molecule has 9 nitrogen and oxygen atoms in total. The van der Waals surface area contributed by atoms with E-state index in [4.69, 9.17) is 11.6 Å². The van der Waals surface area contributed by atoms with E-state index in [2.05, 4.69) is 20.8 Å². The van der Waals surface area contributed by atoms with Crippen LogP contribution in [0.3, 0.4) is 0 Å². The van der Waals surface area contributed by atoms with Gasteiger partial charge in [0.2, 0.25) is 5.13 Å². The molecule has 0 aliphatic heterocycles. The van der Waals surface area contributed by atoms with Crippen LogP contribution >= 0.6 is 22.9 Å². The van der Waals surface area contributed by atoms with E-state index in [-0.39, 0.29) is 27.5 Å². The zero-order valence-corrected chi connectivity index (χ0v) is 16.9. The third kappa shape index (κ3) is 4.29. The summed E-state index contributed by atoms with van der Waals surface area (Å²) < 4.78 is 0. The van der Waals surface area contributed by atoms with Crippen LogP contribution in [0.4, 0.5) is 16.5 Å². The lowest BCUT2D eigenvalue weighted by molar-refractivity contribution is -0.384. The largest absolute Gasteiger partial charge is 0.321 e. The molecule has 0 atom stereocenters. The molecule has 4 rings (SSSR count). The Hall–Kier alpha value is -3.37. The molecule has 0 spiro atoms. The smallest absolute Gasteiger partial charge is 0.270 e. The van der Waals surface area contributed by atoms with Crippen LogP contribution in [-0.2, 0) is 0 Å². The second kappa shape index (κ2) is 8.17. The SMILES string of the molecule is O=C(Nc1ccccc1C(=O)Nc1nnc(C2CC2)s1)c1ccc([N+](=O)[O-])cc1Cl. The molecule has 3 aromatic rings. The van der Waals surface area contributed by atoms with E-state index in [1.165, 1.54) is 23.5 Å². The number of halogens is 1. The summed E-state index contributed by atoms with van der Waals surface area (Å²) in [5.74, 6) is -0.604. The summed E-state index contributed by atoms with van der Waals surface area (Å²) in [4.78, 5) is 35.6. The molecular formula is C19H14ClN5O4S. The van der Waals surface area contributed by atoms with E-state index in [9.17, 15) is 19.7 Å². The number of para-hydroxylation sites is 1. The molecule has 1 fully saturated rings. The van der Waals surface area contributed by atoms with Crippen molar-refractivity contribution in [2.45, 2.75) is 18.8 Å². The predicted octanol–water partition coefficient (Wildman–Crippen LogP) is 4.48. The van der Waals surface area contributed by atoms with Crippen molar-refractivity contribution in [1.29, 1.82) is 0 Å². The normalized spacial score (nSPS) is 13.0. The number of carbonyl (C=O) groups is 2. The van der Waals surface area contributed by atoms with Crippen LogP contribution in [0.2, 0.25) is 5.02 Å². The molecule has 1 saturated carbocycles. The van der Waals surface area contributed by atoms with Gasteiger partial charge in [-0.2, -0.15) is 0 Å². The Morgan fingerprint density at radius 2 is 1.80 bits per heavy atom. The molecule has 1 aliphatic rings. The van der Waals surface area contributed by atoms with Gasteiger partial charge < -0.3 is 5.32 Å². The summed E-state index contributed by atoms with van der Waals surface area (Å²) in [7, 11) is 0. The zero-order valence-electron chi connectivity index (χ0n) is 15.3. The number of nitrogens with zero attached hydrogens (tertiary/aromatic N) is 3. The third-order valence-corrected chi connectivity index (χ3v) is 5.73. The topological polar surface area (TPSA) is 127 Å². The first kappa shape index (κ1) is 19.9. The molecule has 30 heavy (non-hydrogen) atoms. The number of carbonyl (C=O) groups excluding carboxylic acids is 2. The highest BCUT2D eigenvalue weighted by atomic mass is 35.5. The Balaban J connectivity index is 1.51. The van der Waals surface area contributed by atoms with Crippen LogP contribution in [0, 0.1) is 10.1 Å². The lowest BCUT2D eigenvalue weighted by Crippen LogP contribution is -2.18. The van der Waals surface area contributed by atoms with Gasteiger partial charge in [0.1, 0.15) is 5.01 Å². The minimum Gasteiger partial charge on any atom is -0.321 e. The Morgan fingerprint density at radius 3 is 2.50 bits per heavy atom. The molecule has 152 valence electrons. The lowest BCUT2D eigenvalue weighted by atomic mass is 10.1. The van der Waals surface area contributed by atoms with E-state index < -0.39 is 16.7 Å². The van der Waals surface area contributed by atoms with E-state index >= 15 is 0 Å². The molecule has 2 N–H and O–H groups in total. The fourth-order valence-corrected chi connectivity index (χ4v) is 3.89. The fourth-order valence-electron chi connectivity index (χ4n) is 2.73. The van der Waals surface area contributed by atoms with Crippen LogP contribution in [0.15, 0.2) is 42.5 Å². The first-order chi connectivity index (χ1) is 14.4. The second-order valence-electron chi connectivity index (χ2n) is 6.59. The number of hydrogen-bond donors (Lipinski definition) is 2. The van der Waals surface area contributed by atoms with Crippen molar-refractivity contribution in [1.82, 2.24) is 10.2 Å². The third-order valence-electron chi connectivity index (χ3n) is 4.42. The maximum Gasteiger partial charge on any atom is 0.270 e. The molecule has 1 aromatic heterocycles. The van der Waals surface area contributed by atoms with Gasteiger partial charge in [-0.3, -0.25) is 25.0 Å². The molecule has 0 unspecified atom stereocenters. The Labute approximate surface area is 179 Å². The molecule has 1 heterocycles. The lowest BCUT2D eigenvalue weighted by Gasteiger charge is -2.11. The molecule has 11 heteroatoms. The minimum absolute atomic E-state index is 0.0516. The van der Waals surface area contributed by atoms with Gasteiger partial charge in [-0.05, 0) is 31.0 Å². The van der Waals surface area contributed by atoms with Crippen molar-refractivity contribution in [2.24, 2.45) is 0 Å². The number of nitro benzene ring substituents is 1. The van der Waals surface area contributed by atoms with E-state index in [1.807, 2.05) is 0 Å². The van der Waals surface area contributed by atoms with Crippen molar-refractivity contribution >= 4 is 51.3 Å². The van der Waals surface area contributed by atoms with Crippen molar-refractivity contribution in [2.75, 3.05) is 10.6 Å². The number of rotatable bonds is 6. The van der Waals surface area contributed by atoms with Crippen LogP contribution in [0.1, 0.15) is 44.5 Å². The maximum atomic E-state index is 12.7. The monoisotopic (exact) mass is 443 g/mol. The number of non-ortho nitro benzene ring substituents is 1. The van der Waals surface area contributed by atoms with E-state index in [0.29, 0.717) is 11.0 Å². The van der Waals surface area contributed by atoms with Crippen LogP contribution in [0.5, 0.6) is 0 Å². The van der Waals surface area contributed by atoms with Gasteiger partial charge in [-0.25, -0.2) is 0 Å². The maximum absolute atomic E-state index is 12.7. The van der Waals surface area contributed by atoms with Gasteiger partial charge in [0.15, 0.2) is 0 Å². The first-order valence-electron chi connectivity index (χ1n) is 8.91. The quantitative estimate of drug-likeness (QED) is 0.427. The van der Waals surface area contributed by atoms with Crippen LogP contribution in [0.25, 0.3) is 0 Å². The van der Waals surface area contributed by atoms with Crippen molar-refractivity contribution < 1.29 is 14.5 Å². The number of hydrogen-bond acceptors (Lipinski definition) is 7. The highest BCUT2D eigenvalue weighted by Gasteiger charge is 2.28. The summed E-state index contributed by atoms with van der Waals surface area (Å²) >= 11 is 7.35. The molecular weight excluding hydrogens is 430 g/mol. The highest BCUT2D eigenvalue weighted by molar-refractivity contribution is 7.15. The standard InChI is InChI=1S/C19H14ClN5O4S/c20-14-9-11(25(28)29)7-8-12(14)16(26)21-15-4-2-1-3-13(15)17(27)22-19-24-23-18(30-19)10-5-6-10/h1-4,7-10H,5-6H2,(H,21,26)(H,22,24,27). The Morgan fingerprint density at radius 1 is 1.07 bits per heavy atom.